The van der Waals surface area contributed by atoms with Crippen LogP contribution >= 0.6 is 0 Å². The van der Waals surface area contributed by atoms with Gasteiger partial charge in [0.25, 0.3) is 5.91 Å². The quantitative estimate of drug-likeness (QED) is 0.365. The van der Waals surface area contributed by atoms with Gasteiger partial charge in [0.15, 0.2) is 0 Å². The van der Waals surface area contributed by atoms with Gasteiger partial charge in [0.2, 0.25) is 5.91 Å². The Bertz CT molecular complexity index is 1250. The highest BCUT2D eigenvalue weighted by molar-refractivity contribution is 6.00. The zero-order chi connectivity index (χ0) is 27.2. The monoisotopic (exact) mass is 507 g/mol. The Morgan fingerprint density at radius 3 is 2.24 bits per heavy atom. The van der Waals surface area contributed by atoms with Gasteiger partial charge in [-0.15, -0.1) is 0 Å². The Morgan fingerprint density at radius 1 is 0.973 bits per heavy atom. The minimum Gasteiger partial charge on any atom is -0.508 e. The van der Waals surface area contributed by atoms with Crippen LogP contribution in [0.1, 0.15) is 39.3 Å². The molecular formula is C28H33N3O6. The molecule has 3 amide bonds. The molecule has 0 saturated carbocycles. The Labute approximate surface area is 216 Å². The van der Waals surface area contributed by atoms with Gasteiger partial charge in [-0.3, -0.25) is 9.59 Å². The van der Waals surface area contributed by atoms with Crippen molar-refractivity contribution in [2.24, 2.45) is 0 Å². The summed E-state index contributed by atoms with van der Waals surface area (Å²) in [5.41, 5.74) is 0.192. The lowest BCUT2D eigenvalue weighted by Gasteiger charge is -2.33. The number of rotatable bonds is 8. The first-order valence-electron chi connectivity index (χ1n) is 12.0. The largest absolute Gasteiger partial charge is 0.508 e. The molecule has 0 fully saturated rings. The van der Waals surface area contributed by atoms with E-state index in [-0.39, 0.29) is 12.3 Å². The molecule has 2 unspecified atom stereocenters. The van der Waals surface area contributed by atoms with Crippen LogP contribution in [0.5, 0.6) is 5.75 Å². The van der Waals surface area contributed by atoms with E-state index >= 15 is 0 Å². The van der Waals surface area contributed by atoms with Gasteiger partial charge in [-0.2, -0.15) is 0 Å². The first-order chi connectivity index (χ1) is 17.5. The number of carbonyl (C=O) groups excluding carboxylic acids is 3. The molecule has 3 aromatic rings. The van der Waals surface area contributed by atoms with Gasteiger partial charge in [-0.1, -0.05) is 42.5 Å². The van der Waals surface area contributed by atoms with Crippen LogP contribution in [0.3, 0.4) is 0 Å². The van der Waals surface area contributed by atoms with E-state index in [1.54, 1.807) is 26.8 Å². The fourth-order valence-corrected chi connectivity index (χ4v) is 3.88. The molecular weight excluding hydrogens is 474 g/mol. The van der Waals surface area contributed by atoms with Gasteiger partial charge in [0.05, 0.1) is 6.61 Å². The summed E-state index contributed by atoms with van der Waals surface area (Å²) in [5, 5.41) is 26.8. The number of nitrogens with zero attached hydrogens (tertiary/aromatic N) is 1. The highest BCUT2D eigenvalue weighted by atomic mass is 16.6. The van der Waals surface area contributed by atoms with E-state index in [2.05, 4.69) is 10.6 Å². The van der Waals surface area contributed by atoms with Gasteiger partial charge in [0.1, 0.15) is 23.4 Å². The second kappa shape index (κ2) is 11.7. The smallest absolute Gasteiger partial charge is 0.408 e. The lowest BCUT2D eigenvalue weighted by molar-refractivity contribution is -0.141. The van der Waals surface area contributed by atoms with E-state index in [1.807, 2.05) is 36.4 Å². The Kier molecular flexibility index (Phi) is 8.73. The minimum atomic E-state index is -1.16. The van der Waals surface area contributed by atoms with Crippen molar-refractivity contribution in [1.29, 1.82) is 0 Å². The number of aliphatic hydroxyl groups is 1. The first-order valence-corrected chi connectivity index (χ1v) is 12.0. The van der Waals surface area contributed by atoms with Crippen LogP contribution in [0.15, 0.2) is 66.7 Å². The summed E-state index contributed by atoms with van der Waals surface area (Å²) in [6.45, 7) is 6.00. The fourth-order valence-electron chi connectivity index (χ4n) is 3.88. The zero-order valence-electron chi connectivity index (χ0n) is 21.4. The molecule has 0 aliphatic heterocycles. The fraction of sp³-hybridized carbons (Fsp3) is 0.321. The van der Waals surface area contributed by atoms with Gasteiger partial charge in [0, 0.05) is 12.2 Å². The molecule has 0 spiro atoms. The first kappa shape index (κ1) is 27.5. The number of ether oxygens (including phenoxy) is 1. The van der Waals surface area contributed by atoms with Gasteiger partial charge in [-0.05, 0) is 68.3 Å². The maximum atomic E-state index is 13.6. The Balaban J connectivity index is 1.92. The number of alkyl carbamates (subject to hydrolysis) is 1. The molecule has 37 heavy (non-hydrogen) atoms. The van der Waals surface area contributed by atoms with Crippen LogP contribution in [0.2, 0.25) is 0 Å². The van der Waals surface area contributed by atoms with Crippen molar-refractivity contribution in [2.45, 2.75) is 45.4 Å². The van der Waals surface area contributed by atoms with Crippen molar-refractivity contribution < 1.29 is 29.3 Å². The number of nitrogens with one attached hydrogen (secondary N) is 2. The summed E-state index contributed by atoms with van der Waals surface area (Å²) < 4.78 is 5.24. The number of aromatic hydroxyl groups is 1. The molecule has 0 aliphatic rings. The third kappa shape index (κ3) is 7.44. The summed E-state index contributed by atoms with van der Waals surface area (Å²) >= 11 is 0. The molecule has 9 nitrogen and oxygen atoms in total. The second-order valence-corrected chi connectivity index (χ2v) is 9.67. The van der Waals surface area contributed by atoms with Crippen molar-refractivity contribution >= 4 is 34.4 Å². The molecule has 3 rings (SSSR count). The number of hydrogen-bond donors (Lipinski definition) is 4. The summed E-state index contributed by atoms with van der Waals surface area (Å²) in [4.78, 5) is 40.5. The Hall–Kier alpha value is -4.11. The number of benzene rings is 3. The van der Waals surface area contributed by atoms with E-state index in [4.69, 9.17) is 4.74 Å². The summed E-state index contributed by atoms with van der Waals surface area (Å²) in [6.07, 6.45) is -0.779. The van der Waals surface area contributed by atoms with E-state index in [0.717, 1.165) is 10.8 Å². The molecule has 2 atom stereocenters. The van der Waals surface area contributed by atoms with Crippen LogP contribution in [0, 0.1) is 0 Å². The summed E-state index contributed by atoms with van der Waals surface area (Å²) in [5.74, 6) is -1.11. The predicted octanol–water partition coefficient (Wildman–Crippen LogP) is 3.96. The van der Waals surface area contributed by atoms with Crippen LogP contribution in [-0.2, 0) is 14.3 Å². The summed E-state index contributed by atoms with van der Waals surface area (Å²) in [6, 6.07) is 16.9. The van der Waals surface area contributed by atoms with Crippen molar-refractivity contribution in [1.82, 2.24) is 10.2 Å². The van der Waals surface area contributed by atoms with Gasteiger partial charge >= 0.3 is 6.09 Å². The van der Waals surface area contributed by atoms with Crippen LogP contribution in [0.4, 0.5) is 10.5 Å². The number of anilines is 1. The Morgan fingerprint density at radius 2 is 1.62 bits per heavy atom. The number of phenols is 1. The van der Waals surface area contributed by atoms with E-state index in [0.29, 0.717) is 11.3 Å². The molecule has 4 N–H and O–H groups in total. The number of aliphatic hydroxyl groups excluding tert-OH is 1. The standard InChI is InChI=1S/C28H33N3O6/c1-18(29-27(36)37-28(2,3)4)26(35)31(15-16-32)24(20-10-13-23(33)14-11-20)25(34)30-22-12-9-19-7-5-6-8-21(19)17-22/h5-14,17-18,24,32-33H,15-16H2,1-4H3,(H,29,36)(H,30,34). The zero-order valence-corrected chi connectivity index (χ0v) is 21.4. The SMILES string of the molecule is CC(NC(=O)OC(C)(C)C)C(=O)N(CCO)C(C(=O)Nc1ccc2ccccc2c1)c1ccc(O)cc1. The maximum absolute atomic E-state index is 13.6. The number of carbonyl (C=O) groups is 3. The second-order valence-electron chi connectivity index (χ2n) is 9.67. The molecule has 0 aromatic heterocycles. The molecule has 0 saturated heterocycles. The van der Waals surface area contributed by atoms with Crippen molar-refractivity contribution in [3.63, 3.8) is 0 Å². The van der Waals surface area contributed by atoms with Crippen molar-refractivity contribution in [3.05, 3.63) is 72.3 Å². The lowest BCUT2D eigenvalue weighted by Crippen LogP contribution is -2.51. The van der Waals surface area contributed by atoms with Crippen LogP contribution in [0.25, 0.3) is 10.8 Å². The third-order valence-electron chi connectivity index (χ3n) is 5.51. The average molecular weight is 508 g/mol. The van der Waals surface area contributed by atoms with E-state index < -0.39 is 42.2 Å². The average Bonchev–Trinajstić information content (AvgIpc) is 2.83. The number of phenolic OH excluding ortho intramolecular Hbond substituents is 1. The predicted molar refractivity (Wildman–Crippen MR) is 141 cm³/mol. The number of hydrogen-bond acceptors (Lipinski definition) is 6. The van der Waals surface area contributed by atoms with Gasteiger partial charge in [-0.25, -0.2) is 4.79 Å². The van der Waals surface area contributed by atoms with Crippen molar-refractivity contribution in [3.8, 4) is 5.75 Å². The number of amides is 3. The highest BCUT2D eigenvalue weighted by Crippen LogP contribution is 2.27. The molecule has 0 radical (unpaired) electrons. The molecule has 0 heterocycles. The highest BCUT2D eigenvalue weighted by Gasteiger charge is 2.34. The normalized spacial score (nSPS) is 12.9. The maximum Gasteiger partial charge on any atom is 0.408 e. The lowest BCUT2D eigenvalue weighted by atomic mass is 10.0. The third-order valence-corrected chi connectivity index (χ3v) is 5.51. The molecule has 3 aromatic carbocycles. The number of fused-ring (bicyclic) bond motifs is 1. The van der Waals surface area contributed by atoms with Gasteiger partial charge < -0.3 is 30.5 Å². The van der Waals surface area contributed by atoms with E-state index in [9.17, 15) is 24.6 Å². The topological polar surface area (TPSA) is 128 Å². The molecule has 9 heteroatoms. The minimum absolute atomic E-state index is 0.00238. The molecule has 0 bridgehead atoms. The molecule has 196 valence electrons. The molecule has 0 aliphatic carbocycles. The van der Waals surface area contributed by atoms with Crippen molar-refractivity contribution in [2.75, 3.05) is 18.5 Å². The van der Waals surface area contributed by atoms with E-state index in [1.165, 1.54) is 36.1 Å². The van der Waals surface area contributed by atoms with Crippen LogP contribution < -0.4 is 10.6 Å². The summed E-state index contributed by atoms with van der Waals surface area (Å²) in [7, 11) is 0. The van der Waals surface area contributed by atoms with Crippen LogP contribution in [-0.4, -0.2) is 57.8 Å².